The number of benzene rings is 2. The summed E-state index contributed by atoms with van der Waals surface area (Å²) in [5.74, 6) is 0. The lowest BCUT2D eigenvalue weighted by Crippen LogP contribution is -2.08. The summed E-state index contributed by atoms with van der Waals surface area (Å²) in [7, 11) is 0. The molecule has 1 aliphatic rings. The molecular formula is C16H14N2. The molecule has 0 spiro atoms. The van der Waals surface area contributed by atoms with Gasteiger partial charge >= 0.3 is 0 Å². The molecule has 3 rings (SSSR count). The van der Waals surface area contributed by atoms with E-state index in [-0.39, 0.29) is 6.04 Å². The van der Waals surface area contributed by atoms with E-state index in [1.54, 1.807) is 6.34 Å². The van der Waals surface area contributed by atoms with E-state index < -0.39 is 0 Å². The van der Waals surface area contributed by atoms with Gasteiger partial charge in [0.15, 0.2) is 0 Å². The van der Waals surface area contributed by atoms with Gasteiger partial charge in [0.25, 0.3) is 0 Å². The quantitative estimate of drug-likeness (QED) is 0.844. The van der Waals surface area contributed by atoms with Crippen molar-refractivity contribution in [3.63, 3.8) is 0 Å². The van der Waals surface area contributed by atoms with E-state index in [4.69, 9.17) is 0 Å². The van der Waals surface area contributed by atoms with Crippen LogP contribution in [-0.2, 0) is 0 Å². The van der Waals surface area contributed by atoms with Gasteiger partial charge in [0.1, 0.15) is 0 Å². The van der Waals surface area contributed by atoms with Gasteiger partial charge in [-0.25, -0.2) is 0 Å². The fraction of sp³-hybridized carbons (Fsp3) is 0.0625. The maximum absolute atomic E-state index is 4.38. The van der Waals surface area contributed by atoms with E-state index in [0.29, 0.717) is 0 Å². The Morgan fingerprint density at radius 3 is 2.22 bits per heavy atom. The summed E-state index contributed by atoms with van der Waals surface area (Å²) in [5, 5.41) is 2.95. The second-order valence-electron chi connectivity index (χ2n) is 4.24. The Kier molecular flexibility index (Phi) is 2.92. The van der Waals surface area contributed by atoms with Gasteiger partial charge in [-0.05, 0) is 22.8 Å². The maximum atomic E-state index is 4.38. The number of aliphatic imine (C=N–C) groups is 1. The summed E-state index contributed by atoms with van der Waals surface area (Å²) in [5.41, 5.74) is 3.69. The molecule has 1 N–H and O–H groups in total. The molecule has 0 saturated heterocycles. The Morgan fingerprint density at radius 1 is 0.833 bits per heavy atom. The Hall–Kier alpha value is -2.35. The molecule has 1 heterocycles. The predicted octanol–water partition coefficient (Wildman–Crippen LogP) is 3.54. The van der Waals surface area contributed by atoms with Crippen LogP contribution in [0.5, 0.6) is 0 Å². The average molecular weight is 234 g/mol. The van der Waals surface area contributed by atoms with Gasteiger partial charge in [0.2, 0.25) is 0 Å². The SMILES string of the molecule is C1=CC(c2ccc(-c3ccccc3)cc2)N=CN1. The van der Waals surface area contributed by atoms with Gasteiger partial charge in [-0.1, -0.05) is 54.6 Å². The molecule has 0 aromatic heterocycles. The molecular weight excluding hydrogens is 220 g/mol. The van der Waals surface area contributed by atoms with Crippen LogP contribution in [0.1, 0.15) is 11.6 Å². The maximum Gasteiger partial charge on any atom is 0.0964 e. The molecule has 1 atom stereocenters. The second-order valence-corrected chi connectivity index (χ2v) is 4.24. The first-order valence-electron chi connectivity index (χ1n) is 6.03. The van der Waals surface area contributed by atoms with Crippen LogP contribution in [0.25, 0.3) is 11.1 Å². The first kappa shape index (κ1) is 10.8. The number of hydrogen-bond acceptors (Lipinski definition) is 2. The average Bonchev–Trinajstić information content (AvgIpc) is 2.49. The standard InChI is InChI=1S/C16H14N2/c1-2-4-13(5-3-1)14-6-8-15(9-7-14)16-10-11-17-12-18-16/h1-12,16H,(H,17,18). The zero-order chi connectivity index (χ0) is 12.2. The number of rotatable bonds is 2. The van der Waals surface area contributed by atoms with Crippen LogP contribution in [0, 0.1) is 0 Å². The Labute approximate surface area is 107 Å². The van der Waals surface area contributed by atoms with Crippen molar-refractivity contribution in [3.8, 4) is 11.1 Å². The third-order valence-electron chi connectivity index (χ3n) is 3.04. The predicted molar refractivity (Wildman–Crippen MR) is 75.4 cm³/mol. The van der Waals surface area contributed by atoms with Crippen LogP contribution < -0.4 is 5.32 Å². The first-order chi connectivity index (χ1) is 8.93. The minimum absolute atomic E-state index is 0.135. The van der Waals surface area contributed by atoms with E-state index in [1.165, 1.54) is 16.7 Å². The zero-order valence-electron chi connectivity index (χ0n) is 9.95. The minimum atomic E-state index is 0.135. The van der Waals surface area contributed by atoms with E-state index in [9.17, 15) is 0 Å². The largest absolute Gasteiger partial charge is 0.353 e. The van der Waals surface area contributed by atoms with Crippen molar-refractivity contribution in [3.05, 3.63) is 72.4 Å². The summed E-state index contributed by atoms with van der Waals surface area (Å²) in [6.07, 6.45) is 5.70. The molecule has 2 aromatic rings. The third-order valence-corrected chi connectivity index (χ3v) is 3.04. The normalized spacial score (nSPS) is 17.4. The van der Waals surface area contributed by atoms with Gasteiger partial charge in [-0.3, -0.25) is 4.99 Å². The second kappa shape index (κ2) is 4.88. The van der Waals surface area contributed by atoms with Gasteiger partial charge in [-0.15, -0.1) is 0 Å². The van der Waals surface area contributed by atoms with Crippen molar-refractivity contribution < 1.29 is 0 Å². The molecule has 0 aliphatic carbocycles. The fourth-order valence-corrected chi connectivity index (χ4v) is 2.06. The lowest BCUT2D eigenvalue weighted by atomic mass is 10.0. The first-order valence-corrected chi connectivity index (χ1v) is 6.03. The summed E-state index contributed by atoms with van der Waals surface area (Å²) in [6, 6.07) is 19.1. The van der Waals surface area contributed by atoms with Gasteiger partial charge in [0.05, 0.1) is 12.4 Å². The van der Waals surface area contributed by atoms with Gasteiger partial charge in [-0.2, -0.15) is 0 Å². The highest BCUT2D eigenvalue weighted by Crippen LogP contribution is 2.24. The fourth-order valence-electron chi connectivity index (χ4n) is 2.06. The smallest absolute Gasteiger partial charge is 0.0964 e. The molecule has 0 radical (unpaired) electrons. The zero-order valence-corrected chi connectivity index (χ0v) is 9.95. The highest BCUT2D eigenvalue weighted by molar-refractivity contribution is 5.64. The van der Waals surface area contributed by atoms with Crippen molar-refractivity contribution in [1.82, 2.24) is 5.32 Å². The van der Waals surface area contributed by atoms with Crippen LogP contribution in [0.3, 0.4) is 0 Å². The molecule has 0 fully saturated rings. The summed E-state index contributed by atoms with van der Waals surface area (Å²) in [4.78, 5) is 4.38. The van der Waals surface area contributed by atoms with E-state index in [2.05, 4.69) is 64.9 Å². The molecule has 88 valence electrons. The summed E-state index contributed by atoms with van der Waals surface area (Å²) >= 11 is 0. The monoisotopic (exact) mass is 234 g/mol. The third kappa shape index (κ3) is 2.18. The Balaban J connectivity index is 1.87. The molecule has 1 aliphatic heterocycles. The Bertz CT molecular complexity index is 556. The number of nitrogens with one attached hydrogen (secondary N) is 1. The molecule has 2 nitrogen and oxygen atoms in total. The molecule has 2 heteroatoms. The van der Waals surface area contributed by atoms with E-state index in [1.807, 2.05) is 12.3 Å². The van der Waals surface area contributed by atoms with Gasteiger partial charge in [0, 0.05) is 6.20 Å². The van der Waals surface area contributed by atoms with Crippen LogP contribution in [-0.4, -0.2) is 6.34 Å². The van der Waals surface area contributed by atoms with Crippen molar-refractivity contribution in [2.75, 3.05) is 0 Å². The molecule has 0 saturated carbocycles. The van der Waals surface area contributed by atoms with Crippen LogP contribution in [0.4, 0.5) is 0 Å². The molecule has 2 aromatic carbocycles. The molecule has 18 heavy (non-hydrogen) atoms. The van der Waals surface area contributed by atoms with Crippen LogP contribution in [0.2, 0.25) is 0 Å². The minimum Gasteiger partial charge on any atom is -0.353 e. The van der Waals surface area contributed by atoms with Crippen LogP contribution >= 0.6 is 0 Å². The van der Waals surface area contributed by atoms with Crippen molar-refractivity contribution in [2.45, 2.75) is 6.04 Å². The lowest BCUT2D eigenvalue weighted by Gasteiger charge is -2.12. The van der Waals surface area contributed by atoms with Crippen molar-refractivity contribution in [1.29, 1.82) is 0 Å². The number of hydrogen-bond donors (Lipinski definition) is 1. The summed E-state index contributed by atoms with van der Waals surface area (Å²) < 4.78 is 0. The van der Waals surface area contributed by atoms with Crippen molar-refractivity contribution >= 4 is 6.34 Å². The highest BCUT2D eigenvalue weighted by atomic mass is 15.0. The number of nitrogens with zero attached hydrogens (tertiary/aromatic N) is 1. The van der Waals surface area contributed by atoms with Crippen molar-refractivity contribution in [2.24, 2.45) is 4.99 Å². The topological polar surface area (TPSA) is 24.4 Å². The molecule has 0 bridgehead atoms. The van der Waals surface area contributed by atoms with E-state index >= 15 is 0 Å². The van der Waals surface area contributed by atoms with E-state index in [0.717, 1.165) is 0 Å². The Morgan fingerprint density at radius 2 is 1.56 bits per heavy atom. The highest BCUT2D eigenvalue weighted by Gasteiger charge is 2.07. The summed E-state index contributed by atoms with van der Waals surface area (Å²) in [6.45, 7) is 0. The molecule has 1 unspecified atom stereocenters. The van der Waals surface area contributed by atoms with Gasteiger partial charge < -0.3 is 5.32 Å². The van der Waals surface area contributed by atoms with Crippen LogP contribution in [0.15, 0.2) is 71.9 Å². The molecule has 0 amide bonds. The lowest BCUT2D eigenvalue weighted by molar-refractivity contribution is 0.884.